The van der Waals surface area contributed by atoms with Crippen molar-refractivity contribution < 1.29 is 10.2 Å². The molecule has 2 aromatic carbocycles. The molecular formula is C14H11BrO2. The summed E-state index contributed by atoms with van der Waals surface area (Å²) in [4.78, 5) is 0. The smallest absolute Gasteiger partial charge is 0.172 e. The van der Waals surface area contributed by atoms with Gasteiger partial charge in [0.1, 0.15) is 0 Å². The third kappa shape index (κ3) is 2.68. The summed E-state index contributed by atoms with van der Waals surface area (Å²) in [5.41, 5.74) is 1.89. The molecule has 0 heterocycles. The van der Waals surface area contributed by atoms with Crippen LogP contribution in [-0.2, 0) is 0 Å². The van der Waals surface area contributed by atoms with Crippen molar-refractivity contribution in [3.63, 3.8) is 0 Å². The van der Waals surface area contributed by atoms with E-state index >= 15 is 0 Å². The zero-order valence-electron chi connectivity index (χ0n) is 8.97. The number of halogens is 1. The van der Waals surface area contributed by atoms with Gasteiger partial charge < -0.3 is 10.2 Å². The van der Waals surface area contributed by atoms with E-state index in [1.807, 2.05) is 42.5 Å². The largest absolute Gasteiger partial charge is 0.504 e. The van der Waals surface area contributed by atoms with Crippen LogP contribution in [0, 0.1) is 0 Å². The molecule has 0 aliphatic heterocycles. The van der Waals surface area contributed by atoms with Crippen LogP contribution in [0.25, 0.3) is 12.2 Å². The number of benzene rings is 2. The first-order valence-corrected chi connectivity index (χ1v) is 5.91. The van der Waals surface area contributed by atoms with Crippen molar-refractivity contribution in [3.05, 3.63) is 58.1 Å². The van der Waals surface area contributed by atoms with E-state index < -0.39 is 0 Å². The average molecular weight is 291 g/mol. The van der Waals surface area contributed by atoms with Crippen LogP contribution in [0.15, 0.2) is 46.9 Å². The quantitative estimate of drug-likeness (QED) is 0.648. The van der Waals surface area contributed by atoms with Crippen LogP contribution >= 0.6 is 15.9 Å². The number of aromatic hydroxyl groups is 2. The zero-order valence-corrected chi connectivity index (χ0v) is 10.6. The standard InChI is InChI=1S/C14H11BrO2/c15-13-11(8-9-12(16)14(13)17)7-6-10-4-2-1-3-5-10/h1-9,16-17H. The molecular weight excluding hydrogens is 280 g/mol. The number of phenols is 2. The molecule has 86 valence electrons. The fraction of sp³-hybridized carbons (Fsp3) is 0. The molecule has 17 heavy (non-hydrogen) atoms. The van der Waals surface area contributed by atoms with Crippen LogP contribution in [0.1, 0.15) is 11.1 Å². The van der Waals surface area contributed by atoms with Gasteiger partial charge in [-0.05, 0) is 39.2 Å². The number of phenolic OH excluding ortho intramolecular Hbond substituents is 2. The van der Waals surface area contributed by atoms with Crippen LogP contribution in [0.5, 0.6) is 11.5 Å². The van der Waals surface area contributed by atoms with Crippen LogP contribution in [0.4, 0.5) is 0 Å². The van der Waals surface area contributed by atoms with Crippen molar-refractivity contribution in [3.8, 4) is 11.5 Å². The van der Waals surface area contributed by atoms with Gasteiger partial charge in [-0.3, -0.25) is 0 Å². The van der Waals surface area contributed by atoms with Crippen LogP contribution in [-0.4, -0.2) is 10.2 Å². The summed E-state index contributed by atoms with van der Waals surface area (Å²) in [5, 5.41) is 18.9. The summed E-state index contributed by atoms with van der Waals surface area (Å²) in [7, 11) is 0. The molecule has 0 spiro atoms. The van der Waals surface area contributed by atoms with Gasteiger partial charge in [0.2, 0.25) is 0 Å². The molecule has 0 aliphatic carbocycles. The highest BCUT2D eigenvalue weighted by molar-refractivity contribution is 9.10. The minimum absolute atomic E-state index is 0.131. The first-order chi connectivity index (χ1) is 8.18. The molecule has 2 aromatic rings. The van der Waals surface area contributed by atoms with Crippen molar-refractivity contribution in [1.29, 1.82) is 0 Å². The molecule has 2 rings (SSSR count). The van der Waals surface area contributed by atoms with E-state index in [-0.39, 0.29) is 11.5 Å². The Morgan fingerprint density at radius 3 is 2.29 bits per heavy atom. The molecule has 3 heteroatoms. The second-order valence-corrected chi connectivity index (χ2v) is 4.37. The summed E-state index contributed by atoms with van der Waals surface area (Å²) >= 11 is 3.24. The summed E-state index contributed by atoms with van der Waals surface area (Å²) in [6.45, 7) is 0. The second-order valence-electron chi connectivity index (χ2n) is 3.58. The van der Waals surface area contributed by atoms with Gasteiger partial charge >= 0.3 is 0 Å². The Hall–Kier alpha value is -1.74. The lowest BCUT2D eigenvalue weighted by Gasteiger charge is -2.03. The monoisotopic (exact) mass is 290 g/mol. The van der Waals surface area contributed by atoms with Crippen LogP contribution in [0.2, 0.25) is 0 Å². The van der Waals surface area contributed by atoms with E-state index in [1.54, 1.807) is 6.07 Å². The Labute approximate surface area is 108 Å². The summed E-state index contributed by atoms with van der Waals surface area (Å²) < 4.78 is 0.490. The highest BCUT2D eigenvalue weighted by Gasteiger charge is 2.06. The maximum Gasteiger partial charge on any atom is 0.172 e. The fourth-order valence-corrected chi connectivity index (χ4v) is 1.92. The number of hydrogen-bond donors (Lipinski definition) is 2. The Bertz CT molecular complexity index is 548. The van der Waals surface area contributed by atoms with Crippen molar-refractivity contribution in [2.75, 3.05) is 0 Å². The highest BCUT2D eigenvalue weighted by Crippen LogP contribution is 2.36. The van der Waals surface area contributed by atoms with Gasteiger partial charge in [0.25, 0.3) is 0 Å². The van der Waals surface area contributed by atoms with Crippen molar-refractivity contribution >= 4 is 28.1 Å². The van der Waals surface area contributed by atoms with E-state index in [9.17, 15) is 10.2 Å². The van der Waals surface area contributed by atoms with Crippen molar-refractivity contribution in [2.24, 2.45) is 0 Å². The lowest BCUT2D eigenvalue weighted by atomic mass is 10.1. The second kappa shape index (κ2) is 5.06. The molecule has 0 saturated heterocycles. The summed E-state index contributed by atoms with van der Waals surface area (Å²) in [6.07, 6.45) is 3.81. The van der Waals surface area contributed by atoms with Gasteiger partial charge in [0, 0.05) is 0 Å². The van der Waals surface area contributed by atoms with Gasteiger partial charge in [-0.25, -0.2) is 0 Å². The minimum Gasteiger partial charge on any atom is -0.504 e. The molecule has 0 atom stereocenters. The molecule has 2 N–H and O–H groups in total. The van der Waals surface area contributed by atoms with Crippen molar-refractivity contribution in [1.82, 2.24) is 0 Å². The highest BCUT2D eigenvalue weighted by atomic mass is 79.9. The normalized spacial score (nSPS) is 10.9. The number of hydrogen-bond acceptors (Lipinski definition) is 2. The van der Waals surface area contributed by atoms with E-state index in [1.165, 1.54) is 6.07 Å². The topological polar surface area (TPSA) is 40.5 Å². The summed E-state index contributed by atoms with van der Waals surface area (Å²) in [6, 6.07) is 13.1. The molecule has 0 fully saturated rings. The molecule has 0 saturated carbocycles. The fourth-order valence-electron chi connectivity index (χ4n) is 1.45. The van der Waals surface area contributed by atoms with Crippen molar-refractivity contribution in [2.45, 2.75) is 0 Å². The minimum atomic E-state index is -0.139. The summed E-state index contributed by atoms with van der Waals surface area (Å²) in [5.74, 6) is -0.269. The van der Waals surface area contributed by atoms with Gasteiger partial charge in [0.15, 0.2) is 11.5 Å². The molecule has 0 aliphatic rings. The lowest BCUT2D eigenvalue weighted by molar-refractivity contribution is 0.401. The Morgan fingerprint density at radius 1 is 0.882 bits per heavy atom. The first kappa shape index (κ1) is 11.7. The third-order valence-electron chi connectivity index (χ3n) is 2.38. The van der Waals surface area contributed by atoms with Crippen LogP contribution in [0.3, 0.4) is 0 Å². The predicted molar refractivity (Wildman–Crippen MR) is 72.8 cm³/mol. The van der Waals surface area contributed by atoms with Gasteiger partial charge in [-0.15, -0.1) is 0 Å². The SMILES string of the molecule is Oc1ccc(C=Cc2ccccc2)c(Br)c1O. The van der Waals surface area contributed by atoms with Gasteiger partial charge in [0.05, 0.1) is 4.47 Å². The number of rotatable bonds is 2. The Balaban J connectivity index is 2.31. The molecule has 0 bridgehead atoms. The lowest BCUT2D eigenvalue weighted by Crippen LogP contribution is -1.78. The van der Waals surface area contributed by atoms with E-state index in [2.05, 4.69) is 15.9 Å². The van der Waals surface area contributed by atoms with E-state index in [0.717, 1.165) is 11.1 Å². The maximum atomic E-state index is 9.55. The Morgan fingerprint density at radius 2 is 1.59 bits per heavy atom. The predicted octanol–water partition coefficient (Wildman–Crippen LogP) is 4.03. The average Bonchev–Trinajstić information content (AvgIpc) is 2.36. The van der Waals surface area contributed by atoms with Crippen LogP contribution < -0.4 is 0 Å². The molecule has 0 amide bonds. The molecule has 0 aromatic heterocycles. The first-order valence-electron chi connectivity index (χ1n) is 5.12. The van der Waals surface area contributed by atoms with E-state index in [4.69, 9.17) is 0 Å². The van der Waals surface area contributed by atoms with Gasteiger partial charge in [-0.2, -0.15) is 0 Å². The molecule has 0 unspecified atom stereocenters. The third-order valence-corrected chi connectivity index (χ3v) is 3.21. The molecule has 2 nitrogen and oxygen atoms in total. The van der Waals surface area contributed by atoms with E-state index in [0.29, 0.717) is 4.47 Å². The van der Waals surface area contributed by atoms with Gasteiger partial charge in [-0.1, -0.05) is 42.5 Å². The molecule has 0 radical (unpaired) electrons. The Kier molecular flexibility index (Phi) is 3.49. The maximum absolute atomic E-state index is 9.55. The zero-order chi connectivity index (χ0) is 12.3.